The van der Waals surface area contributed by atoms with Crippen LogP contribution in [0.5, 0.6) is 0 Å². The normalized spacial score (nSPS) is 16.8. The van der Waals surface area contributed by atoms with Crippen molar-refractivity contribution in [2.24, 2.45) is 10.2 Å². The fourth-order valence-corrected chi connectivity index (χ4v) is 0.899. The predicted octanol–water partition coefficient (Wildman–Crippen LogP) is 1.27. The van der Waals surface area contributed by atoms with Gasteiger partial charge in [-0.25, -0.2) is 4.79 Å². The van der Waals surface area contributed by atoms with E-state index in [9.17, 15) is 4.79 Å². The topological polar surface area (TPSA) is 65.8 Å². The van der Waals surface area contributed by atoms with Crippen LogP contribution in [0.4, 0.5) is 4.79 Å². The first-order valence-corrected chi connectivity index (χ1v) is 4.62. The Balaban J connectivity index is 1.95. The molecule has 13 heavy (non-hydrogen) atoms. The molecule has 0 saturated carbocycles. The van der Waals surface area contributed by atoms with Crippen molar-refractivity contribution in [1.82, 2.24) is 10.6 Å². The Morgan fingerprint density at radius 2 is 1.92 bits per heavy atom. The number of hydrogen-bond donors (Lipinski definition) is 2. The average Bonchev–Trinajstić information content (AvgIpc) is 2.80. The first kappa shape index (κ1) is 9.95. The van der Waals surface area contributed by atoms with Crippen LogP contribution in [0, 0.1) is 0 Å². The van der Waals surface area contributed by atoms with E-state index in [4.69, 9.17) is 0 Å². The van der Waals surface area contributed by atoms with Crippen LogP contribution in [-0.4, -0.2) is 24.8 Å². The smallest absolute Gasteiger partial charge is 0.314 e. The van der Waals surface area contributed by atoms with Crippen LogP contribution < -0.4 is 10.6 Å². The highest BCUT2D eigenvalue weighted by Gasteiger charge is 2.32. The molecular formula is C8H16N4O. The van der Waals surface area contributed by atoms with Crippen molar-refractivity contribution in [2.45, 2.75) is 32.4 Å². The molecule has 0 unspecified atom stereocenters. The standard InChI is InChI=1S/C8H16N4O/c1-3-5-9-7(13)10-6-4-8(2)11-12-8/h3-6H2,1-2H3,(H2,9,10,13). The Kier molecular flexibility index (Phi) is 3.22. The lowest BCUT2D eigenvalue weighted by Gasteiger charge is -2.07. The zero-order chi connectivity index (χ0) is 9.73. The predicted molar refractivity (Wildman–Crippen MR) is 49.6 cm³/mol. The summed E-state index contributed by atoms with van der Waals surface area (Å²) >= 11 is 0. The number of amides is 2. The molecule has 2 amide bonds. The molecule has 74 valence electrons. The van der Waals surface area contributed by atoms with Crippen LogP contribution >= 0.6 is 0 Å². The second-order valence-electron chi connectivity index (χ2n) is 3.35. The third-order valence-electron chi connectivity index (χ3n) is 1.86. The van der Waals surface area contributed by atoms with Crippen LogP contribution in [0.2, 0.25) is 0 Å². The third kappa shape index (κ3) is 3.87. The van der Waals surface area contributed by atoms with Gasteiger partial charge >= 0.3 is 6.03 Å². The zero-order valence-electron chi connectivity index (χ0n) is 8.13. The van der Waals surface area contributed by atoms with E-state index >= 15 is 0 Å². The van der Waals surface area contributed by atoms with Crippen molar-refractivity contribution in [2.75, 3.05) is 13.1 Å². The minimum atomic E-state index is -0.210. The van der Waals surface area contributed by atoms with E-state index in [1.54, 1.807) is 0 Å². The third-order valence-corrected chi connectivity index (χ3v) is 1.86. The summed E-state index contributed by atoms with van der Waals surface area (Å²) in [6.07, 6.45) is 1.74. The van der Waals surface area contributed by atoms with Crippen molar-refractivity contribution in [3.63, 3.8) is 0 Å². The fraction of sp³-hybridized carbons (Fsp3) is 0.875. The Bertz CT molecular complexity index is 208. The zero-order valence-corrected chi connectivity index (χ0v) is 8.13. The fourth-order valence-electron chi connectivity index (χ4n) is 0.899. The van der Waals surface area contributed by atoms with Gasteiger partial charge in [0, 0.05) is 19.5 Å². The molecule has 1 rings (SSSR count). The Morgan fingerprint density at radius 3 is 2.46 bits per heavy atom. The van der Waals surface area contributed by atoms with E-state index in [1.807, 2.05) is 13.8 Å². The molecule has 1 aliphatic rings. The van der Waals surface area contributed by atoms with Crippen molar-refractivity contribution >= 4 is 6.03 Å². The van der Waals surface area contributed by atoms with Gasteiger partial charge in [-0.15, -0.1) is 0 Å². The van der Waals surface area contributed by atoms with Crippen molar-refractivity contribution in [3.05, 3.63) is 0 Å². The van der Waals surface area contributed by atoms with E-state index in [2.05, 4.69) is 20.9 Å². The summed E-state index contributed by atoms with van der Waals surface area (Å²) in [5.41, 5.74) is -0.210. The van der Waals surface area contributed by atoms with Crippen molar-refractivity contribution in [3.8, 4) is 0 Å². The minimum absolute atomic E-state index is 0.105. The van der Waals surface area contributed by atoms with Gasteiger partial charge in [-0.1, -0.05) is 6.92 Å². The molecule has 2 N–H and O–H groups in total. The van der Waals surface area contributed by atoms with E-state index in [0.29, 0.717) is 6.54 Å². The van der Waals surface area contributed by atoms with Crippen LogP contribution in [0.15, 0.2) is 10.2 Å². The summed E-state index contributed by atoms with van der Waals surface area (Å²) in [4.78, 5) is 11.0. The Morgan fingerprint density at radius 1 is 1.31 bits per heavy atom. The average molecular weight is 184 g/mol. The summed E-state index contributed by atoms with van der Waals surface area (Å²) in [5.74, 6) is 0. The first-order chi connectivity index (χ1) is 6.16. The second-order valence-corrected chi connectivity index (χ2v) is 3.35. The first-order valence-electron chi connectivity index (χ1n) is 4.62. The molecule has 0 saturated heterocycles. The highest BCUT2D eigenvalue weighted by molar-refractivity contribution is 5.73. The number of nitrogens with zero attached hydrogens (tertiary/aromatic N) is 2. The van der Waals surface area contributed by atoms with Gasteiger partial charge in [0.2, 0.25) is 0 Å². The molecule has 0 aromatic heterocycles. The molecule has 5 nitrogen and oxygen atoms in total. The summed E-state index contributed by atoms with van der Waals surface area (Å²) < 4.78 is 0. The minimum Gasteiger partial charge on any atom is -0.338 e. The Hall–Kier alpha value is -1.13. The molecule has 0 aromatic rings. The number of hydrogen-bond acceptors (Lipinski definition) is 3. The summed E-state index contributed by atoms with van der Waals surface area (Å²) in [6.45, 7) is 5.30. The van der Waals surface area contributed by atoms with E-state index < -0.39 is 0 Å². The maximum absolute atomic E-state index is 11.0. The molecular weight excluding hydrogens is 168 g/mol. The maximum Gasteiger partial charge on any atom is 0.314 e. The second kappa shape index (κ2) is 4.20. The summed E-state index contributed by atoms with van der Waals surface area (Å²) in [6, 6.07) is -0.105. The summed E-state index contributed by atoms with van der Waals surface area (Å²) in [7, 11) is 0. The molecule has 0 aliphatic carbocycles. The molecule has 0 fully saturated rings. The van der Waals surface area contributed by atoms with E-state index in [0.717, 1.165) is 19.4 Å². The molecule has 0 aromatic carbocycles. The van der Waals surface area contributed by atoms with Crippen LogP contribution in [0.25, 0.3) is 0 Å². The molecule has 5 heteroatoms. The van der Waals surface area contributed by atoms with Gasteiger partial charge in [-0.05, 0) is 13.3 Å². The molecule has 1 heterocycles. The van der Waals surface area contributed by atoms with Crippen LogP contribution in [0.1, 0.15) is 26.7 Å². The number of urea groups is 1. The molecule has 0 spiro atoms. The molecule has 1 aliphatic heterocycles. The highest BCUT2D eigenvalue weighted by Crippen LogP contribution is 2.29. The van der Waals surface area contributed by atoms with E-state index in [-0.39, 0.29) is 11.7 Å². The molecule has 0 atom stereocenters. The van der Waals surface area contributed by atoms with E-state index in [1.165, 1.54) is 0 Å². The van der Waals surface area contributed by atoms with Gasteiger partial charge in [-0.3, -0.25) is 0 Å². The number of carbonyl (C=O) groups is 1. The number of nitrogens with one attached hydrogen (secondary N) is 2. The van der Waals surface area contributed by atoms with Gasteiger partial charge in [0.05, 0.1) is 0 Å². The summed E-state index contributed by atoms with van der Waals surface area (Å²) in [5, 5.41) is 13.2. The van der Waals surface area contributed by atoms with Crippen LogP contribution in [-0.2, 0) is 0 Å². The maximum atomic E-state index is 11.0. The largest absolute Gasteiger partial charge is 0.338 e. The number of rotatable bonds is 5. The lowest BCUT2D eigenvalue weighted by atomic mass is 10.2. The lowest BCUT2D eigenvalue weighted by Crippen LogP contribution is -2.37. The quantitative estimate of drug-likeness (QED) is 0.663. The van der Waals surface area contributed by atoms with Crippen molar-refractivity contribution < 1.29 is 4.79 Å². The van der Waals surface area contributed by atoms with Gasteiger partial charge in [0.25, 0.3) is 0 Å². The SMILES string of the molecule is CCCNC(=O)NCCC1(C)N=N1. The van der Waals surface area contributed by atoms with Crippen molar-refractivity contribution in [1.29, 1.82) is 0 Å². The highest BCUT2D eigenvalue weighted by atomic mass is 16.2. The van der Waals surface area contributed by atoms with Gasteiger partial charge < -0.3 is 10.6 Å². The monoisotopic (exact) mass is 184 g/mol. The van der Waals surface area contributed by atoms with Gasteiger partial charge in [0.15, 0.2) is 5.66 Å². The molecule has 0 radical (unpaired) electrons. The molecule has 0 bridgehead atoms. The van der Waals surface area contributed by atoms with Gasteiger partial charge in [0.1, 0.15) is 0 Å². The lowest BCUT2D eigenvalue weighted by molar-refractivity contribution is 0.240. The van der Waals surface area contributed by atoms with Crippen LogP contribution in [0.3, 0.4) is 0 Å². The number of carbonyl (C=O) groups excluding carboxylic acids is 1. The Labute approximate surface area is 78.0 Å². The van der Waals surface area contributed by atoms with Gasteiger partial charge in [-0.2, -0.15) is 10.2 Å².